The lowest BCUT2D eigenvalue weighted by Crippen LogP contribution is -2.42. The van der Waals surface area contributed by atoms with Crippen molar-refractivity contribution in [3.63, 3.8) is 0 Å². The van der Waals surface area contributed by atoms with E-state index < -0.39 is 8.80 Å². The first-order valence-corrected chi connectivity index (χ1v) is 12.6. The van der Waals surface area contributed by atoms with Gasteiger partial charge in [0.05, 0.1) is 12.2 Å². The van der Waals surface area contributed by atoms with E-state index in [0.717, 1.165) is 36.8 Å². The number of ether oxygens (including phenoxy) is 1. The van der Waals surface area contributed by atoms with Crippen LogP contribution in [0.5, 0.6) is 5.75 Å². The van der Waals surface area contributed by atoms with Crippen molar-refractivity contribution in [2.45, 2.75) is 70.8 Å². The van der Waals surface area contributed by atoms with Gasteiger partial charge in [0.2, 0.25) is 0 Å². The second-order valence-corrected chi connectivity index (χ2v) is 10.4. The van der Waals surface area contributed by atoms with Gasteiger partial charge in [-0.3, -0.25) is 0 Å². The van der Waals surface area contributed by atoms with E-state index in [4.69, 9.17) is 23.5 Å². The molecule has 0 N–H and O–H groups in total. The van der Waals surface area contributed by atoms with Crippen molar-refractivity contribution in [3.8, 4) is 5.75 Å². The van der Waals surface area contributed by atoms with E-state index in [1.165, 1.54) is 44.9 Å². The van der Waals surface area contributed by atoms with Crippen LogP contribution in [0.15, 0.2) is 24.3 Å². The fourth-order valence-electron chi connectivity index (χ4n) is 3.28. The Labute approximate surface area is 177 Å². The molecule has 0 amide bonds. The minimum atomic E-state index is -2.37. The van der Waals surface area contributed by atoms with Gasteiger partial charge in [-0.2, -0.15) is 4.79 Å². The summed E-state index contributed by atoms with van der Waals surface area (Å²) >= 11 is 0. The van der Waals surface area contributed by atoms with Crippen LogP contribution in [0.3, 0.4) is 0 Å². The van der Waals surface area contributed by atoms with Crippen molar-refractivity contribution in [2.75, 3.05) is 27.9 Å². The number of nitrogens with zero attached hydrogens (tertiary/aromatic N) is 2. The molecule has 0 heterocycles. The zero-order valence-corrected chi connectivity index (χ0v) is 19.6. The van der Waals surface area contributed by atoms with Crippen molar-refractivity contribution in [2.24, 2.45) is 0 Å². The first kappa shape index (κ1) is 25.5. The maximum absolute atomic E-state index is 8.78. The normalized spacial score (nSPS) is 11.3. The Balaban J connectivity index is 1.97. The first-order chi connectivity index (χ1) is 14.1. The Morgan fingerprint density at radius 2 is 1.28 bits per heavy atom. The van der Waals surface area contributed by atoms with E-state index in [-0.39, 0.29) is 0 Å². The van der Waals surface area contributed by atoms with Gasteiger partial charge >= 0.3 is 8.80 Å². The minimum absolute atomic E-state index is 0.603. The molecule has 6 nitrogen and oxygen atoms in total. The molecule has 0 fully saturated rings. The van der Waals surface area contributed by atoms with Gasteiger partial charge in [-0.1, -0.05) is 44.9 Å². The van der Waals surface area contributed by atoms with Gasteiger partial charge in [0.1, 0.15) is 5.75 Å². The number of unbranched alkanes of at least 4 members (excludes halogenated alkanes) is 8. The number of benzene rings is 1. The van der Waals surface area contributed by atoms with Crippen LogP contribution in [0.1, 0.15) is 70.3 Å². The highest BCUT2D eigenvalue weighted by Crippen LogP contribution is 2.18. The fourth-order valence-corrected chi connectivity index (χ4v) is 5.07. The van der Waals surface area contributed by atoms with E-state index >= 15 is 0 Å². The highest BCUT2D eigenvalue weighted by Gasteiger charge is 2.36. The molecule has 1 aromatic rings. The molecule has 29 heavy (non-hydrogen) atoms. The molecule has 1 rings (SSSR count). The highest BCUT2D eigenvalue weighted by atomic mass is 28.4. The lowest BCUT2D eigenvalue weighted by molar-refractivity contribution is -0.00460. The third-order valence-corrected chi connectivity index (χ3v) is 8.08. The van der Waals surface area contributed by atoms with Crippen LogP contribution in [0.25, 0.3) is 5.53 Å². The average Bonchev–Trinajstić information content (AvgIpc) is 2.77. The summed E-state index contributed by atoms with van der Waals surface area (Å²) in [5, 5.41) is 0. The van der Waals surface area contributed by atoms with Crippen LogP contribution < -0.4 is 4.74 Å². The number of hydrogen-bond acceptors (Lipinski definition) is 4. The Morgan fingerprint density at radius 1 is 0.793 bits per heavy atom. The second kappa shape index (κ2) is 15.4. The molecule has 0 unspecified atom stereocenters. The predicted octanol–water partition coefficient (Wildman–Crippen LogP) is 5.49. The van der Waals surface area contributed by atoms with Gasteiger partial charge in [-0.15, -0.1) is 0 Å². The molecule has 7 heteroatoms. The molecule has 0 saturated carbocycles. The topological polar surface area (TPSA) is 73.3 Å². The van der Waals surface area contributed by atoms with Gasteiger partial charge in [0, 0.05) is 34.3 Å². The van der Waals surface area contributed by atoms with E-state index in [2.05, 4.69) is 4.79 Å². The molecule has 1 aromatic carbocycles. The summed E-state index contributed by atoms with van der Waals surface area (Å²) in [6.45, 7) is 2.52. The molecule has 0 aliphatic rings. The molecular formula is C22H38N2O4Si. The maximum Gasteiger partial charge on any atom is 0.500 e. The Hall–Kier alpha value is -1.50. The summed E-state index contributed by atoms with van der Waals surface area (Å²) in [6, 6.07) is 8.55. The lowest BCUT2D eigenvalue weighted by Gasteiger charge is -2.24. The SMILES string of the molecule is CO[Si](CCCCCCCCCCCOc1ccc(C(C)=[N+]=[N-])cc1)(OC)OC. The van der Waals surface area contributed by atoms with Crippen LogP contribution in [0.4, 0.5) is 0 Å². The zero-order chi connectivity index (χ0) is 21.4. The van der Waals surface area contributed by atoms with Gasteiger partial charge < -0.3 is 23.5 Å². The highest BCUT2D eigenvalue weighted by molar-refractivity contribution is 6.60. The maximum atomic E-state index is 8.78. The van der Waals surface area contributed by atoms with Gasteiger partial charge in [-0.25, -0.2) is 0 Å². The quantitative estimate of drug-likeness (QED) is 0.109. The summed E-state index contributed by atoms with van der Waals surface area (Å²) in [6.07, 6.45) is 11.0. The minimum Gasteiger partial charge on any atom is -0.494 e. The molecule has 0 bridgehead atoms. The molecule has 0 spiro atoms. The number of hydrogen-bond donors (Lipinski definition) is 0. The summed E-state index contributed by atoms with van der Waals surface area (Å²) < 4.78 is 22.1. The molecule has 0 saturated heterocycles. The Morgan fingerprint density at radius 3 is 1.76 bits per heavy atom. The Bertz CT molecular complexity index is 591. The van der Waals surface area contributed by atoms with Crippen molar-refractivity contribution >= 4 is 14.5 Å². The van der Waals surface area contributed by atoms with Crippen molar-refractivity contribution < 1.29 is 22.8 Å². The van der Waals surface area contributed by atoms with Crippen LogP contribution in [0, 0.1) is 0 Å². The van der Waals surface area contributed by atoms with E-state index in [0.29, 0.717) is 5.71 Å². The second-order valence-electron chi connectivity index (χ2n) is 7.29. The predicted molar refractivity (Wildman–Crippen MR) is 118 cm³/mol. The van der Waals surface area contributed by atoms with E-state index in [1.807, 2.05) is 24.3 Å². The van der Waals surface area contributed by atoms with Crippen LogP contribution in [0.2, 0.25) is 6.04 Å². The summed E-state index contributed by atoms with van der Waals surface area (Å²) in [4.78, 5) is 3.20. The molecule has 164 valence electrons. The van der Waals surface area contributed by atoms with Crippen molar-refractivity contribution in [1.29, 1.82) is 0 Å². The first-order valence-electron chi connectivity index (χ1n) is 10.7. The van der Waals surface area contributed by atoms with Crippen molar-refractivity contribution in [3.05, 3.63) is 35.4 Å². The van der Waals surface area contributed by atoms with Gasteiger partial charge in [-0.05, 0) is 37.1 Å². The summed E-state index contributed by atoms with van der Waals surface area (Å²) in [5.41, 5.74) is 10.3. The largest absolute Gasteiger partial charge is 0.500 e. The fraction of sp³-hybridized carbons (Fsp3) is 0.682. The molecule has 0 aliphatic carbocycles. The number of rotatable bonds is 17. The van der Waals surface area contributed by atoms with E-state index in [9.17, 15) is 0 Å². The molecular weight excluding hydrogens is 384 g/mol. The van der Waals surface area contributed by atoms with Crippen LogP contribution >= 0.6 is 0 Å². The third kappa shape index (κ3) is 10.2. The summed E-state index contributed by atoms with van der Waals surface area (Å²) in [7, 11) is 2.65. The lowest BCUT2D eigenvalue weighted by atomic mass is 10.1. The molecule has 0 aromatic heterocycles. The van der Waals surface area contributed by atoms with Crippen LogP contribution in [-0.2, 0) is 13.3 Å². The van der Waals surface area contributed by atoms with Crippen LogP contribution in [-0.4, -0.2) is 47.2 Å². The van der Waals surface area contributed by atoms with Gasteiger partial charge in [0.15, 0.2) is 0 Å². The molecule has 0 atom stereocenters. The smallest absolute Gasteiger partial charge is 0.494 e. The average molecular weight is 423 g/mol. The van der Waals surface area contributed by atoms with Crippen molar-refractivity contribution in [1.82, 2.24) is 0 Å². The Kier molecular flexibility index (Phi) is 13.5. The third-order valence-electron chi connectivity index (χ3n) is 5.25. The standard InChI is InChI=1S/C22H38N2O4Si/c1-20(24-23)21-14-16-22(17-15-21)28-18-12-10-8-6-5-7-9-11-13-19-29(25-2,26-3)27-4/h14-17H,5-13,18-19H2,1-4H3. The van der Waals surface area contributed by atoms with E-state index in [1.54, 1.807) is 28.3 Å². The van der Waals surface area contributed by atoms with Gasteiger partial charge in [0.25, 0.3) is 5.71 Å². The zero-order valence-electron chi connectivity index (χ0n) is 18.6. The molecule has 0 radical (unpaired) electrons. The monoisotopic (exact) mass is 422 g/mol. The molecule has 0 aliphatic heterocycles. The summed E-state index contributed by atoms with van der Waals surface area (Å²) in [5.74, 6) is 0.863.